The molecule has 1 aromatic carbocycles. The predicted molar refractivity (Wildman–Crippen MR) is 73.8 cm³/mol. The van der Waals surface area contributed by atoms with E-state index in [4.69, 9.17) is 19.3 Å². The Labute approximate surface area is 114 Å². The van der Waals surface area contributed by atoms with E-state index in [0.29, 0.717) is 26.2 Å². The number of hydrogen-bond acceptors (Lipinski definition) is 5. The third kappa shape index (κ3) is 5.92. The minimum Gasteiger partial charge on any atom is -0.497 e. The van der Waals surface area contributed by atoms with Crippen molar-refractivity contribution in [2.45, 2.75) is 13.0 Å². The van der Waals surface area contributed by atoms with Crippen LogP contribution in [-0.2, 0) is 11.3 Å². The van der Waals surface area contributed by atoms with Crippen LogP contribution in [0.3, 0.4) is 0 Å². The molecule has 5 nitrogen and oxygen atoms in total. The van der Waals surface area contributed by atoms with Crippen LogP contribution in [0, 0.1) is 0 Å². The molecule has 0 aromatic heterocycles. The maximum atomic E-state index is 8.77. The minimum absolute atomic E-state index is 0.136. The van der Waals surface area contributed by atoms with Gasteiger partial charge in [0.05, 0.1) is 20.3 Å². The van der Waals surface area contributed by atoms with Crippen molar-refractivity contribution in [2.75, 3.05) is 40.6 Å². The van der Waals surface area contributed by atoms with Gasteiger partial charge in [0.2, 0.25) is 0 Å². The van der Waals surface area contributed by atoms with Crippen molar-refractivity contribution < 1.29 is 19.3 Å². The molecule has 2 N–H and O–H groups in total. The number of hydrogen-bond donors (Lipinski definition) is 2. The van der Waals surface area contributed by atoms with E-state index in [1.54, 1.807) is 14.2 Å². The van der Waals surface area contributed by atoms with Gasteiger partial charge < -0.3 is 24.6 Å². The number of aliphatic hydroxyl groups is 1. The van der Waals surface area contributed by atoms with Crippen LogP contribution in [0.4, 0.5) is 0 Å². The normalized spacial score (nSPS) is 10.5. The standard InChI is InChI=1S/C14H23NO4/c1-17-9-6-15-11-12-10-13(18-2)4-5-14(12)19-8-3-7-16/h4-5,10,15-16H,3,6-9,11H2,1-2H3. The third-order valence-electron chi connectivity index (χ3n) is 2.63. The lowest BCUT2D eigenvalue weighted by Crippen LogP contribution is -2.19. The molecule has 0 spiro atoms. The van der Waals surface area contributed by atoms with E-state index >= 15 is 0 Å². The summed E-state index contributed by atoms with van der Waals surface area (Å²) in [6.45, 7) is 2.79. The molecule has 0 saturated carbocycles. The van der Waals surface area contributed by atoms with Crippen LogP contribution in [0.5, 0.6) is 11.5 Å². The van der Waals surface area contributed by atoms with Gasteiger partial charge in [0.15, 0.2) is 0 Å². The first-order valence-electron chi connectivity index (χ1n) is 6.42. The maximum Gasteiger partial charge on any atom is 0.124 e. The van der Waals surface area contributed by atoms with E-state index in [1.807, 2.05) is 18.2 Å². The van der Waals surface area contributed by atoms with E-state index in [1.165, 1.54) is 0 Å². The molecule has 5 heteroatoms. The summed E-state index contributed by atoms with van der Waals surface area (Å²) in [5, 5.41) is 12.0. The Morgan fingerprint density at radius 1 is 1.21 bits per heavy atom. The average Bonchev–Trinajstić information content (AvgIpc) is 2.45. The Hall–Kier alpha value is -1.30. The van der Waals surface area contributed by atoms with Gasteiger partial charge >= 0.3 is 0 Å². The Balaban J connectivity index is 2.60. The molecule has 0 aliphatic rings. The van der Waals surface area contributed by atoms with Crippen LogP contribution in [0.15, 0.2) is 18.2 Å². The quantitative estimate of drug-likeness (QED) is 0.625. The topological polar surface area (TPSA) is 60.0 Å². The number of nitrogens with one attached hydrogen (secondary N) is 1. The molecular weight excluding hydrogens is 246 g/mol. The van der Waals surface area contributed by atoms with E-state index in [-0.39, 0.29) is 6.61 Å². The molecule has 0 bridgehead atoms. The van der Waals surface area contributed by atoms with E-state index in [9.17, 15) is 0 Å². The van der Waals surface area contributed by atoms with Crippen LogP contribution in [0.1, 0.15) is 12.0 Å². The van der Waals surface area contributed by atoms with E-state index in [0.717, 1.165) is 23.6 Å². The van der Waals surface area contributed by atoms with Crippen molar-refractivity contribution in [3.05, 3.63) is 23.8 Å². The van der Waals surface area contributed by atoms with Crippen molar-refractivity contribution in [1.29, 1.82) is 0 Å². The lowest BCUT2D eigenvalue weighted by atomic mass is 10.2. The SMILES string of the molecule is COCCNCc1cc(OC)ccc1OCCCO. The van der Waals surface area contributed by atoms with Gasteiger partial charge in [-0.3, -0.25) is 0 Å². The average molecular weight is 269 g/mol. The lowest BCUT2D eigenvalue weighted by Gasteiger charge is -2.13. The molecule has 0 aliphatic carbocycles. The highest BCUT2D eigenvalue weighted by atomic mass is 16.5. The number of methoxy groups -OCH3 is 2. The van der Waals surface area contributed by atoms with Crippen molar-refractivity contribution in [2.24, 2.45) is 0 Å². The predicted octanol–water partition coefficient (Wildman–Crippen LogP) is 1.19. The summed E-state index contributed by atoms with van der Waals surface area (Å²) in [4.78, 5) is 0. The summed E-state index contributed by atoms with van der Waals surface area (Å²) in [6.07, 6.45) is 0.628. The first-order chi connectivity index (χ1) is 9.31. The van der Waals surface area contributed by atoms with Crippen molar-refractivity contribution >= 4 is 0 Å². The van der Waals surface area contributed by atoms with Crippen molar-refractivity contribution in [3.8, 4) is 11.5 Å². The fraction of sp³-hybridized carbons (Fsp3) is 0.571. The van der Waals surface area contributed by atoms with Gasteiger partial charge in [-0.25, -0.2) is 0 Å². The number of aliphatic hydroxyl groups excluding tert-OH is 1. The lowest BCUT2D eigenvalue weighted by molar-refractivity contribution is 0.198. The van der Waals surface area contributed by atoms with E-state index < -0.39 is 0 Å². The summed E-state index contributed by atoms with van der Waals surface area (Å²) in [7, 11) is 3.32. The molecule has 0 radical (unpaired) electrons. The van der Waals surface area contributed by atoms with Gasteiger partial charge in [-0.15, -0.1) is 0 Å². The molecular formula is C14H23NO4. The molecule has 0 unspecified atom stereocenters. The second-order valence-corrected chi connectivity index (χ2v) is 4.07. The summed E-state index contributed by atoms with van der Waals surface area (Å²) in [5.74, 6) is 1.62. The Kier molecular flexibility index (Phi) is 7.97. The Bertz CT molecular complexity index is 357. The van der Waals surface area contributed by atoms with E-state index in [2.05, 4.69) is 5.32 Å². The van der Waals surface area contributed by atoms with Gasteiger partial charge in [0, 0.05) is 38.8 Å². The molecule has 108 valence electrons. The summed E-state index contributed by atoms with van der Waals surface area (Å²) in [6, 6.07) is 5.71. The highest BCUT2D eigenvalue weighted by molar-refractivity contribution is 5.40. The minimum atomic E-state index is 0.136. The van der Waals surface area contributed by atoms with Crippen LogP contribution in [0.25, 0.3) is 0 Å². The zero-order valence-corrected chi connectivity index (χ0v) is 11.6. The number of benzene rings is 1. The zero-order valence-electron chi connectivity index (χ0n) is 11.6. The second kappa shape index (κ2) is 9.61. The first-order valence-corrected chi connectivity index (χ1v) is 6.42. The molecule has 0 fully saturated rings. The third-order valence-corrected chi connectivity index (χ3v) is 2.63. The Morgan fingerprint density at radius 3 is 2.74 bits per heavy atom. The summed E-state index contributed by atoms with van der Waals surface area (Å²) >= 11 is 0. The first kappa shape index (κ1) is 15.8. The van der Waals surface area contributed by atoms with Crippen molar-refractivity contribution in [3.63, 3.8) is 0 Å². The summed E-state index contributed by atoms with van der Waals surface area (Å²) < 4.78 is 15.9. The fourth-order valence-corrected chi connectivity index (χ4v) is 1.61. The van der Waals surface area contributed by atoms with Crippen LogP contribution in [0.2, 0.25) is 0 Å². The van der Waals surface area contributed by atoms with Gasteiger partial charge in [0.25, 0.3) is 0 Å². The number of rotatable bonds is 10. The molecule has 0 saturated heterocycles. The highest BCUT2D eigenvalue weighted by Crippen LogP contribution is 2.24. The largest absolute Gasteiger partial charge is 0.497 e. The zero-order chi connectivity index (χ0) is 13.9. The Morgan fingerprint density at radius 2 is 2.05 bits per heavy atom. The smallest absolute Gasteiger partial charge is 0.124 e. The molecule has 1 aromatic rings. The van der Waals surface area contributed by atoms with Gasteiger partial charge in [0.1, 0.15) is 11.5 Å². The fourth-order valence-electron chi connectivity index (χ4n) is 1.61. The monoisotopic (exact) mass is 269 g/mol. The van der Waals surface area contributed by atoms with Gasteiger partial charge in [-0.2, -0.15) is 0 Å². The number of ether oxygens (including phenoxy) is 3. The van der Waals surface area contributed by atoms with Crippen LogP contribution < -0.4 is 14.8 Å². The molecule has 0 heterocycles. The van der Waals surface area contributed by atoms with Crippen LogP contribution >= 0.6 is 0 Å². The van der Waals surface area contributed by atoms with Gasteiger partial charge in [-0.1, -0.05) is 0 Å². The molecule has 1 rings (SSSR count). The van der Waals surface area contributed by atoms with Crippen molar-refractivity contribution in [1.82, 2.24) is 5.32 Å². The summed E-state index contributed by atoms with van der Waals surface area (Å²) in [5.41, 5.74) is 1.04. The second-order valence-electron chi connectivity index (χ2n) is 4.07. The highest BCUT2D eigenvalue weighted by Gasteiger charge is 2.05. The van der Waals surface area contributed by atoms with Gasteiger partial charge in [-0.05, 0) is 18.2 Å². The molecule has 19 heavy (non-hydrogen) atoms. The molecule has 0 atom stereocenters. The maximum absolute atomic E-state index is 8.77. The molecule has 0 amide bonds. The molecule has 0 aliphatic heterocycles. The van der Waals surface area contributed by atoms with Crippen LogP contribution in [-0.4, -0.2) is 45.7 Å².